The van der Waals surface area contributed by atoms with Crippen molar-refractivity contribution in [2.75, 3.05) is 0 Å². The molecule has 0 atom stereocenters. The topological polar surface area (TPSA) is 56.7 Å². The highest BCUT2D eigenvalue weighted by Crippen LogP contribution is 2.40. The Morgan fingerprint density at radius 1 is 0.500 bits per heavy atom. The number of nitrogens with zero attached hydrogens (tertiary/aromatic N) is 4. The number of hydrogen-bond donors (Lipinski definition) is 0. The molecule has 0 aliphatic carbocycles. The molecule has 0 radical (unpaired) electrons. The first-order valence-electron chi connectivity index (χ1n) is 16.8. The Hall–Kier alpha value is -6.85. The van der Waals surface area contributed by atoms with Crippen molar-refractivity contribution in [1.29, 1.82) is 0 Å². The molecule has 0 N–H and O–H groups in total. The fourth-order valence-corrected chi connectivity index (χ4v) is 7.67. The molecular weight excluding hydrogens is 613 g/mol. The maximum absolute atomic E-state index is 6.35. The number of para-hydroxylation sites is 1. The first-order valence-corrected chi connectivity index (χ1v) is 16.8. The third kappa shape index (κ3) is 3.98. The lowest BCUT2D eigenvalue weighted by Gasteiger charge is -2.12. The summed E-state index contributed by atoms with van der Waals surface area (Å²) < 4.78 is 8.76. The Morgan fingerprint density at radius 2 is 1.22 bits per heavy atom. The molecule has 11 aromatic rings. The second-order valence-corrected chi connectivity index (χ2v) is 12.9. The predicted molar refractivity (Wildman–Crippen MR) is 205 cm³/mol. The van der Waals surface area contributed by atoms with Crippen LogP contribution in [0.3, 0.4) is 0 Å². The van der Waals surface area contributed by atoms with Crippen LogP contribution in [0.4, 0.5) is 0 Å². The molecule has 5 nitrogen and oxygen atoms in total. The van der Waals surface area contributed by atoms with Crippen LogP contribution in [0.1, 0.15) is 0 Å². The summed E-state index contributed by atoms with van der Waals surface area (Å²) in [5, 5.41) is 10.4. The molecule has 0 unspecified atom stereocenters. The number of pyridine rings is 1. The lowest BCUT2D eigenvalue weighted by Crippen LogP contribution is -1.96. The first-order chi connectivity index (χ1) is 24.8. The maximum atomic E-state index is 6.35. The Kier molecular flexibility index (Phi) is 5.60. The molecule has 50 heavy (non-hydrogen) atoms. The van der Waals surface area contributed by atoms with Gasteiger partial charge in [-0.1, -0.05) is 109 Å². The maximum Gasteiger partial charge on any atom is 0.231 e. The van der Waals surface area contributed by atoms with Crippen molar-refractivity contribution in [1.82, 2.24) is 19.5 Å². The Balaban J connectivity index is 1.15. The smallest absolute Gasteiger partial charge is 0.231 e. The van der Waals surface area contributed by atoms with E-state index in [0.29, 0.717) is 11.5 Å². The second kappa shape index (κ2) is 10.3. The van der Waals surface area contributed by atoms with Crippen molar-refractivity contribution >= 4 is 76.3 Å². The molecule has 7 aromatic carbocycles. The highest BCUT2D eigenvalue weighted by atomic mass is 16.3. The van der Waals surface area contributed by atoms with Gasteiger partial charge in [0.05, 0.1) is 27.6 Å². The van der Waals surface area contributed by atoms with Crippen LogP contribution in [0, 0.1) is 0 Å². The van der Waals surface area contributed by atoms with E-state index in [9.17, 15) is 0 Å². The average molecular weight is 639 g/mol. The molecule has 0 saturated heterocycles. The van der Waals surface area contributed by atoms with Gasteiger partial charge in [0.2, 0.25) is 5.71 Å². The third-order valence-corrected chi connectivity index (χ3v) is 10.0. The number of furan rings is 1. The number of fused-ring (bicyclic) bond motifs is 10. The normalized spacial score (nSPS) is 12.0. The summed E-state index contributed by atoms with van der Waals surface area (Å²) in [6.45, 7) is 0. The van der Waals surface area contributed by atoms with Crippen LogP contribution in [-0.4, -0.2) is 19.5 Å². The monoisotopic (exact) mass is 638 g/mol. The second-order valence-electron chi connectivity index (χ2n) is 12.9. The van der Waals surface area contributed by atoms with E-state index in [4.69, 9.17) is 14.4 Å². The molecule has 11 rings (SSSR count). The number of hydrogen-bond acceptors (Lipinski definition) is 4. The van der Waals surface area contributed by atoms with Gasteiger partial charge in [0.15, 0.2) is 5.82 Å². The van der Waals surface area contributed by atoms with Gasteiger partial charge in [0.1, 0.15) is 5.58 Å². The molecule has 0 fully saturated rings. The van der Waals surface area contributed by atoms with Gasteiger partial charge in [-0.05, 0) is 58.6 Å². The number of rotatable bonds is 3. The van der Waals surface area contributed by atoms with E-state index in [1.54, 1.807) is 0 Å². The van der Waals surface area contributed by atoms with Gasteiger partial charge in [-0.15, -0.1) is 0 Å². The fourth-order valence-electron chi connectivity index (χ4n) is 7.67. The zero-order valence-electron chi connectivity index (χ0n) is 26.7. The van der Waals surface area contributed by atoms with Crippen molar-refractivity contribution < 1.29 is 4.42 Å². The molecule has 0 aliphatic rings. The van der Waals surface area contributed by atoms with E-state index in [1.807, 2.05) is 36.5 Å². The van der Waals surface area contributed by atoms with E-state index >= 15 is 0 Å². The molecule has 4 aromatic heterocycles. The van der Waals surface area contributed by atoms with Crippen LogP contribution in [0.25, 0.3) is 105 Å². The van der Waals surface area contributed by atoms with Crippen molar-refractivity contribution in [2.24, 2.45) is 0 Å². The van der Waals surface area contributed by atoms with Crippen LogP contribution in [0.2, 0.25) is 0 Å². The van der Waals surface area contributed by atoms with Crippen LogP contribution in [0.5, 0.6) is 0 Å². The Bertz CT molecular complexity index is 3150. The summed E-state index contributed by atoms with van der Waals surface area (Å²) >= 11 is 0. The van der Waals surface area contributed by atoms with Gasteiger partial charge < -0.3 is 8.98 Å². The van der Waals surface area contributed by atoms with E-state index in [0.717, 1.165) is 49.8 Å². The average Bonchev–Trinajstić information content (AvgIpc) is 3.72. The van der Waals surface area contributed by atoms with E-state index in [2.05, 4.69) is 131 Å². The standard InChI is InChI=1S/C45H26N4O/c1-2-10-31-26-39-37(24-30(31)9-1)35-22-19-27-8-3-4-12-34(27)43(35)49(39)33-20-17-29(18-21-33)42-41-36-13-5-6-14-40(36)50-45(41)48-44(47-42)32-16-15-28-11-7-23-46-38(28)25-32/h1-26H. The molecule has 0 spiro atoms. The quantitative estimate of drug-likeness (QED) is 0.193. The molecular formula is C45H26N4O. The van der Waals surface area contributed by atoms with E-state index < -0.39 is 0 Å². The molecule has 5 heteroatoms. The molecule has 0 bridgehead atoms. The largest absolute Gasteiger partial charge is 0.438 e. The highest BCUT2D eigenvalue weighted by molar-refractivity contribution is 6.20. The SMILES string of the molecule is c1ccc2cc3c(cc2c1)c1ccc2ccccc2c1n3-c1ccc(-c2nc(-c3ccc4cccnc4c3)nc3oc4ccccc4c23)cc1. The first kappa shape index (κ1) is 27.1. The summed E-state index contributed by atoms with van der Waals surface area (Å²) in [4.78, 5) is 14.8. The highest BCUT2D eigenvalue weighted by Gasteiger charge is 2.20. The van der Waals surface area contributed by atoms with Gasteiger partial charge in [0.25, 0.3) is 0 Å². The minimum absolute atomic E-state index is 0.567. The zero-order chi connectivity index (χ0) is 32.8. The van der Waals surface area contributed by atoms with Crippen molar-refractivity contribution in [3.8, 4) is 28.3 Å². The van der Waals surface area contributed by atoms with Crippen LogP contribution in [0.15, 0.2) is 162 Å². The molecule has 0 saturated carbocycles. The minimum Gasteiger partial charge on any atom is -0.438 e. The van der Waals surface area contributed by atoms with Gasteiger partial charge in [0, 0.05) is 49.9 Å². The van der Waals surface area contributed by atoms with Gasteiger partial charge >= 0.3 is 0 Å². The predicted octanol–water partition coefficient (Wildman–Crippen LogP) is 11.7. The van der Waals surface area contributed by atoms with Crippen LogP contribution in [-0.2, 0) is 0 Å². The lowest BCUT2D eigenvalue weighted by molar-refractivity contribution is 0.653. The van der Waals surface area contributed by atoms with Gasteiger partial charge in [-0.3, -0.25) is 4.98 Å². The fraction of sp³-hybridized carbons (Fsp3) is 0. The number of aromatic nitrogens is 4. The lowest BCUT2D eigenvalue weighted by atomic mass is 10.0. The van der Waals surface area contributed by atoms with Crippen molar-refractivity contribution in [2.45, 2.75) is 0 Å². The Morgan fingerprint density at radius 3 is 2.10 bits per heavy atom. The van der Waals surface area contributed by atoms with Crippen LogP contribution < -0.4 is 0 Å². The van der Waals surface area contributed by atoms with Gasteiger partial charge in [-0.2, -0.15) is 4.98 Å². The third-order valence-electron chi connectivity index (χ3n) is 10.0. The van der Waals surface area contributed by atoms with Gasteiger partial charge in [-0.25, -0.2) is 4.98 Å². The summed E-state index contributed by atoms with van der Waals surface area (Å²) in [5.74, 6) is 0.601. The summed E-state index contributed by atoms with van der Waals surface area (Å²) in [5.41, 5.74) is 8.44. The summed E-state index contributed by atoms with van der Waals surface area (Å²) in [6, 6.07) is 53.4. The molecule has 0 amide bonds. The molecule has 0 aliphatic heterocycles. The zero-order valence-corrected chi connectivity index (χ0v) is 26.7. The van der Waals surface area contributed by atoms with Crippen molar-refractivity contribution in [3.63, 3.8) is 0 Å². The minimum atomic E-state index is 0.567. The molecule has 4 heterocycles. The van der Waals surface area contributed by atoms with E-state index in [1.165, 1.54) is 43.4 Å². The summed E-state index contributed by atoms with van der Waals surface area (Å²) in [6.07, 6.45) is 1.81. The molecule has 232 valence electrons. The van der Waals surface area contributed by atoms with E-state index in [-0.39, 0.29) is 0 Å². The summed E-state index contributed by atoms with van der Waals surface area (Å²) in [7, 11) is 0. The van der Waals surface area contributed by atoms with Crippen molar-refractivity contribution in [3.05, 3.63) is 158 Å². The van der Waals surface area contributed by atoms with Crippen LogP contribution >= 0.6 is 0 Å². The Labute approximate surface area is 285 Å². The number of benzene rings is 7.